The van der Waals surface area contributed by atoms with Gasteiger partial charge in [0.1, 0.15) is 5.78 Å². The molecule has 0 saturated heterocycles. The van der Waals surface area contributed by atoms with Crippen molar-refractivity contribution in [1.82, 2.24) is 0 Å². The third-order valence-corrected chi connectivity index (χ3v) is 3.87. The molecule has 0 bridgehead atoms. The van der Waals surface area contributed by atoms with Crippen LogP contribution in [0.3, 0.4) is 0 Å². The first-order chi connectivity index (χ1) is 8.47. The first kappa shape index (κ1) is 12.8. The molecule has 96 valence electrons. The van der Waals surface area contributed by atoms with Gasteiger partial charge >= 0.3 is 5.97 Å². The highest BCUT2D eigenvalue weighted by atomic mass is 16.4. The van der Waals surface area contributed by atoms with Crippen molar-refractivity contribution < 1.29 is 14.7 Å². The molecule has 1 N–H and O–H groups in total. The van der Waals surface area contributed by atoms with Crippen molar-refractivity contribution in [2.75, 3.05) is 0 Å². The summed E-state index contributed by atoms with van der Waals surface area (Å²) in [7, 11) is 0. The van der Waals surface area contributed by atoms with Crippen molar-refractivity contribution in [3.8, 4) is 0 Å². The van der Waals surface area contributed by atoms with Gasteiger partial charge in [-0.2, -0.15) is 0 Å². The van der Waals surface area contributed by atoms with Crippen molar-refractivity contribution >= 4 is 11.8 Å². The van der Waals surface area contributed by atoms with Crippen LogP contribution in [-0.4, -0.2) is 16.9 Å². The van der Waals surface area contributed by atoms with Gasteiger partial charge in [-0.1, -0.05) is 44.2 Å². The van der Waals surface area contributed by atoms with Gasteiger partial charge in [0, 0.05) is 18.8 Å². The number of benzene rings is 1. The van der Waals surface area contributed by atoms with Gasteiger partial charge in [-0.25, -0.2) is 0 Å². The molecule has 1 saturated carbocycles. The van der Waals surface area contributed by atoms with Crippen LogP contribution in [0.5, 0.6) is 0 Å². The number of hydrogen-bond acceptors (Lipinski definition) is 2. The quantitative estimate of drug-likeness (QED) is 0.888. The summed E-state index contributed by atoms with van der Waals surface area (Å²) in [5, 5.41) is 9.53. The van der Waals surface area contributed by atoms with Crippen molar-refractivity contribution in [1.29, 1.82) is 0 Å². The summed E-state index contributed by atoms with van der Waals surface area (Å²) in [5.74, 6) is -0.700. The zero-order valence-electron chi connectivity index (χ0n) is 10.7. The van der Waals surface area contributed by atoms with Crippen molar-refractivity contribution in [2.24, 2.45) is 11.3 Å². The Morgan fingerprint density at radius 3 is 2.17 bits per heavy atom. The number of aliphatic carboxylic acids is 1. The molecule has 1 aromatic carbocycles. The highest BCUT2D eigenvalue weighted by Crippen LogP contribution is 2.52. The van der Waals surface area contributed by atoms with Gasteiger partial charge in [0.2, 0.25) is 0 Å². The summed E-state index contributed by atoms with van der Waals surface area (Å²) in [6, 6.07) is 9.66. The maximum absolute atomic E-state index is 11.6. The largest absolute Gasteiger partial charge is 0.481 e. The Morgan fingerprint density at radius 1 is 1.22 bits per heavy atom. The van der Waals surface area contributed by atoms with Crippen LogP contribution < -0.4 is 0 Å². The number of rotatable bonds is 4. The molecule has 3 heteroatoms. The Kier molecular flexibility index (Phi) is 3.24. The lowest BCUT2D eigenvalue weighted by atomic mass is 9.56. The predicted octanol–water partition coefficient (Wildman–Crippen LogP) is 2.86. The highest BCUT2D eigenvalue weighted by Gasteiger charge is 2.56. The second-order valence-corrected chi connectivity index (χ2v) is 5.49. The fourth-order valence-electron chi connectivity index (χ4n) is 3.16. The lowest BCUT2D eigenvalue weighted by molar-refractivity contribution is -0.164. The third kappa shape index (κ3) is 1.94. The van der Waals surface area contributed by atoms with Gasteiger partial charge in [0.05, 0.1) is 5.41 Å². The molecule has 1 unspecified atom stereocenters. The van der Waals surface area contributed by atoms with E-state index in [1.54, 1.807) is 0 Å². The summed E-state index contributed by atoms with van der Waals surface area (Å²) in [4.78, 5) is 22.9. The Balaban J connectivity index is 2.42. The molecule has 0 heterocycles. The number of ketones is 1. The Labute approximate surface area is 107 Å². The van der Waals surface area contributed by atoms with E-state index in [2.05, 4.69) is 0 Å². The number of hydrogen-bond donors (Lipinski definition) is 1. The fourth-order valence-corrected chi connectivity index (χ4v) is 3.16. The van der Waals surface area contributed by atoms with E-state index in [0.717, 1.165) is 5.56 Å². The summed E-state index contributed by atoms with van der Waals surface area (Å²) >= 11 is 0. The van der Waals surface area contributed by atoms with Crippen LogP contribution in [0.15, 0.2) is 30.3 Å². The smallest absolute Gasteiger partial charge is 0.311 e. The normalized spacial score (nSPS) is 19.4. The number of carbonyl (C=O) groups is 2. The van der Waals surface area contributed by atoms with Gasteiger partial charge in [0.25, 0.3) is 0 Å². The molecule has 0 amide bonds. The Morgan fingerprint density at radius 2 is 1.78 bits per heavy atom. The monoisotopic (exact) mass is 246 g/mol. The maximum Gasteiger partial charge on any atom is 0.311 e. The van der Waals surface area contributed by atoms with E-state index in [1.807, 2.05) is 44.2 Å². The third-order valence-electron chi connectivity index (χ3n) is 3.87. The Bertz CT molecular complexity index is 454. The van der Waals surface area contributed by atoms with Crippen molar-refractivity contribution in [3.63, 3.8) is 0 Å². The van der Waals surface area contributed by atoms with Crippen LogP contribution in [0.1, 0.15) is 38.2 Å². The van der Waals surface area contributed by atoms with E-state index in [0.29, 0.717) is 0 Å². The molecular formula is C15H18O3. The number of carbonyl (C=O) groups excluding carboxylic acids is 1. The molecule has 1 atom stereocenters. The molecular weight excluding hydrogens is 228 g/mol. The van der Waals surface area contributed by atoms with Crippen LogP contribution in [0.25, 0.3) is 0 Å². The minimum atomic E-state index is -0.896. The summed E-state index contributed by atoms with van der Waals surface area (Å²) in [6.07, 6.45) is 0.333. The standard InChI is InChI=1S/C15H18O3/c1-10(2)13(11-6-4-3-5-7-11)15(14(17)18)8-12(16)9-15/h3-7,10,13H,8-9H2,1-2H3,(H,17,18). The number of carboxylic acids is 1. The van der Waals surface area contributed by atoms with E-state index in [9.17, 15) is 14.7 Å². The van der Waals surface area contributed by atoms with Crippen molar-refractivity contribution in [2.45, 2.75) is 32.6 Å². The van der Waals surface area contributed by atoms with Gasteiger partial charge < -0.3 is 5.11 Å². The average molecular weight is 246 g/mol. The van der Waals surface area contributed by atoms with E-state index in [-0.39, 0.29) is 30.5 Å². The molecule has 3 nitrogen and oxygen atoms in total. The number of Topliss-reactive ketones (excluding diaryl/α,β-unsaturated/α-hetero) is 1. The topological polar surface area (TPSA) is 54.4 Å². The van der Waals surface area contributed by atoms with Crippen LogP contribution in [0.4, 0.5) is 0 Å². The van der Waals surface area contributed by atoms with Crippen LogP contribution in [0.2, 0.25) is 0 Å². The zero-order chi connectivity index (χ0) is 13.3. The molecule has 2 rings (SSSR count). The molecule has 1 aliphatic carbocycles. The predicted molar refractivity (Wildman–Crippen MR) is 68.3 cm³/mol. The van der Waals surface area contributed by atoms with E-state index < -0.39 is 11.4 Å². The van der Waals surface area contributed by atoms with Crippen LogP contribution >= 0.6 is 0 Å². The molecule has 0 spiro atoms. The molecule has 18 heavy (non-hydrogen) atoms. The number of carboxylic acid groups (broad SMARTS) is 1. The van der Waals surface area contributed by atoms with Crippen molar-refractivity contribution in [3.05, 3.63) is 35.9 Å². The summed E-state index contributed by atoms with van der Waals surface area (Å²) < 4.78 is 0. The lowest BCUT2D eigenvalue weighted by Crippen LogP contribution is -2.50. The molecule has 1 fully saturated rings. The highest BCUT2D eigenvalue weighted by molar-refractivity contribution is 5.97. The SMILES string of the molecule is CC(C)C(c1ccccc1)C1(C(=O)O)CC(=O)C1. The second-order valence-electron chi connectivity index (χ2n) is 5.49. The first-order valence-electron chi connectivity index (χ1n) is 6.27. The molecule has 0 aromatic heterocycles. The van der Waals surface area contributed by atoms with E-state index in [1.165, 1.54) is 0 Å². The summed E-state index contributed by atoms with van der Waals surface area (Å²) in [6.45, 7) is 4.04. The Hall–Kier alpha value is -1.64. The minimum absolute atomic E-state index is 0.0546. The van der Waals surface area contributed by atoms with Gasteiger partial charge in [-0.05, 0) is 11.5 Å². The van der Waals surface area contributed by atoms with Gasteiger partial charge in [-0.3, -0.25) is 9.59 Å². The van der Waals surface area contributed by atoms with E-state index >= 15 is 0 Å². The van der Waals surface area contributed by atoms with Gasteiger partial charge in [0.15, 0.2) is 0 Å². The molecule has 0 radical (unpaired) electrons. The molecule has 1 aromatic rings. The maximum atomic E-state index is 11.6. The second kappa shape index (κ2) is 4.56. The molecule has 1 aliphatic rings. The fraction of sp³-hybridized carbons (Fsp3) is 0.467. The lowest BCUT2D eigenvalue weighted by Gasteiger charge is -2.45. The molecule has 0 aliphatic heterocycles. The zero-order valence-corrected chi connectivity index (χ0v) is 10.7. The van der Waals surface area contributed by atoms with E-state index in [4.69, 9.17) is 0 Å². The average Bonchev–Trinajstić information content (AvgIpc) is 2.27. The van der Waals surface area contributed by atoms with Gasteiger partial charge in [-0.15, -0.1) is 0 Å². The summed E-state index contributed by atoms with van der Waals surface area (Å²) in [5.41, 5.74) is 0.120. The van der Waals surface area contributed by atoms with Crippen LogP contribution in [-0.2, 0) is 9.59 Å². The minimum Gasteiger partial charge on any atom is -0.481 e. The first-order valence-corrected chi connectivity index (χ1v) is 6.27. The van der Waals surface area contributed by atoms with Crippen LogP contribution in [0, 0.1) is 11.3 Å².